The van der Waals surface area contributed by atoms with Gasteiger partial charge in [-0.2, -0.15) is 5.21 Å². The zero-order chi connectivity index (χ0) is 11.4. The number of tetrazole rings is 1. The van der Waals surface area contributed by atoms with Gasteiger partial charge in [0.1, 0.15) is 0 Å². The lowest BCUT2D eigenvalue weighted by Crippen LogP contribution is -2.30. The molecule has 1 aliphatic heterocycles. The number of carboxylic acids is 1. The molecule has 1 atom stereocenters. The molecule has 16 heavy (non-hydrogen) atoms. The Balaban J connectivity index is 2.01. The summed E-state index contributed by atoms with van der Waals surface area (Å²) >= 11 is 0. The van der Waals surface area contributed by atoms with Crippen LogP contribution in [0.5, 0.6) is 0 Å². The maximum Gasteiger partial charge on any atom is 0.307 e. The van der Waals surface area contributed by atoms with E-state index >= 15 is 0 Å². The number of nitrogens with one attached hydrogen (secondary N) is 1. The van der Waals surface area contributed by atoms with Crippen molar-refractivity contribution in [3.63, 3.8) is 0 Å². The van der Waals surface area contributed by atoms with Crippen molar-refractivity contribution in [3.05, 3.63) is 5.82 Å². The summed E-state index contributed by atoms with van der Waals surface area (Å²) in [5.74, 6) is -0.637. The molecule has 1 aliphatic rings. The highest BCUT2D eigenvalue weighted by atomic mass is 16.5. The van der Waals surface area contributed by atoms with Crippen LogP contribution in [0.2, 0.25) is 0 Å². The van der Waals surface area contributed by atoms with Gasteiger partial charge in [0.15, 0.2) is 5.82 Å². The summed E-state index contributed by atoms with van der Waals surface area (Å²) in [6.45, 7) is 1.28. The van der Waals surface area contributed by atoms with Gasteiger partial charge < -0.3 is 9.84 Å². The number of aliphatic carboxylic acids is 1. The van der Waals surface area contributed by atoms with Crippen LogP contribution in [0, 0.1) is 11.8 Å². The Morgan fingerprint density at radius 1 is 1.56 bits per heavy atom. The molecule has 1 aromatic rings. The number of nitrogens with zero attached hydrogens (tertiary/aromatic N) is 3. The molecule has 0 amide bonds. The lowest BCUT2D eigenvalue weighted by molar-refractivity contribution is -0.145. The maximum atomic E-state index is 11.2. The van der Waals surface area contributed by atoms with Gasteiger partial charge in [-0.05, 0) is 18.8 Å². The van der Waals surface area contributed by atoms with Gasteiger partial charge in [-0.25, -0.2) is 0 Å². The topological polar surface area (TPSA) is 101 Å². The summed E-state index contributed by atoms with van der Waals surface area (Å²) in [6.07, 6.45) is 1.90. The zero-order valence-corrected chi connectivity index (χ0v) is 8.80. The Labute approximate surface area is 92.2 Å². The number of carboxylic acid groups (broad SMARTS) is 1. The average molecular weight is 226 g/mol. The Morgan fingerprint density at radius 3 is 2.88 bits per heavy atom. The molecule has 1 fully saturated rings. The smallest absolute Gasteiger partial charge is 0.307 e. The molecule has 2 rings (SSSR count). The van der Waals surface area contributed by atoms with Crippen LogP contribution in [-0.4, -0.2) is 44.9 Å². The molecular formula is C9H14N4O3. The summed E-state index contributed by atoms with van der Waals surface area (Å²) < 4.78 is 5.22. The highest BCUT2D eigenvalue weighted by molar-refractivity contribution is 5.70. The SMILES string of the molecule is O=C(O)C(Cc1nn[nH]n1)C1CCOCC1. The first-order chi connectivity index (χ1) is 7.77. The number of ether oxygens (including phenoxy) is 1. The average Bonchev–Trinajstić information content (AvgIpc) is 2.79. The molecule has 0 radical (unpaired) electrons. The molecule has 1 unspecified atom stereocenters. The van der Waals surface area contributed by atoms with Crippen molar-refractivity contribution in [1.82, 2.24) is 20.6 Å². The molecule has 1 aromatic heterocycles. The Morgan fingerprint density at radius 2 is 2.31 bits per heavy atom. The minimum absolute atomic E-state index is 0.143. The summed E-state index contributed by atoms with van der Waals surface area (Å²) in [6, 6.07) is 0. The second-order valence-corrected chi connectivity index (χ2v) is 3.93. The first-order valence-corrected chi connectivity index (χ1v) is 5.30. The zero-order valence-electron chi connectivity index (χ0n) is 8.80. The van der Waals surface area contributed by atoms with E-state index in [2.05, 4.69) is 20.6 Å². The Kier molecular flexibility index (Phi) is 3.45. The molecule has 0 bridgehead atoms. The molecule has 0 aliphatic carbocycles. The number of hydrogen-bond donors (Lipinski definition) is 2. The lowest BCUT2D eigenvalue weighted by Gasteiger charge is -2.26. The highest BCUT2D eigenvalue weighted by Gasteiger charge is 2.30. The molecule has 7 heteroatoms. The van der Waals surface area contributed by atoms with E-state index in [-0.39, 0.29) is 5.92 Å². The van der Waals surface area contributed by atoms with Crippen molar-refractivity contribution in [1.29, 1.82) is 0 Å². The fraction of sp³-hybridized carbons (Fsp3) is 0.778. The maximum absolute atomic E-state index is 11.2. The van der Waals surface area contributed by atoms with Gasteiger partial charge in [0.05, 0.1) is 5.92 Å². The van der Waals surface area contributed by atoms with Crippen LogP contribution < -0.4 is 0 Å². The molecule has 88 valence electrons. The van der Waals surface area contributed by atoms with Crippen molar-refractivity contribution >= 4 is 5.97 Å². The molecule has 2 heterocycles. The van der Waals surface area contributed by atoms with Crippen molar-refractivity contribution in [2.45, 2.75) is 19.3 Å². The van der Waals surface area contributed by atoms with E-state index < -0.39 is 11.9 Å². The first-order valence-electron chi connectivity index (χ1n) is 5.30. The molecule has 0 saturated carbocycles. The van der Waals surface area contributed by atoms with Gasteiger partial charge in [0.25, 0.3) is 0 Å². The third-order valence-electron chi connectivity index (χ3n) is 2.94. The van der Waals surface area contributed by atoms with Crippen LogP contribution in [-0.2, 0) is 16.0 Å². The van der Waals surface area contributed by atoms with Crippen molar-refractivity contribution < 1.29 is 14.6 Å². The van der Waals surface area contributed by atoms with Crippen molar-refractivity contribution in [2.75, 3.05) is 13.2 Å². The fourth-order valence-electron chi connectivity index (χ4n) is 2.04. The largest absolute Gasteiger partial charge is 0.481 e. The number of carbonyl (C=O) groups is 1. The van der Waals surface area contributed by atoms with Crippen LogP contribution in [0.1, 0.15) is 18.7 Å². The number of hydrogen-bond acceptors (Lipinski definition) is 5. The molecule has 7 nitrogen and oxygen atoms in total. The van der Waals surface area contributed by atoms with E-state index in [0.29, 0.717) is 25.5 Å². The van der Waals surface area contributed by atoms with E-state index in [0.717, 1.165) is 12.8 Å². The summed E-state index contributed by atoms with van der Waals surface area (Å²) in [5, 5.41) is 22.5. The Bertz CT molecular complexity index is 335. The third-order valence-corrected chi connectivity index (χ3v) is 2.94. The molecule has 2 N–H and O–H groups in total. The second kappa shape index (κ2) is 5.02. The standard InChI is InChI=1S/C9H14N4O3/c14-9(15)7(5-8-10-12-13-11-8)6-1-3-16-4-2-6/h6-7H,1-5H2,(H,14,15)(H,10,11,12,13). The molecule has 0 aromatic carbocycles. The lowest BCUT2D eigenvalue weighted by atomic mass is 9.84. The van der Waals surface area contributed by atoms with E-state index in [4.69, 9.17) is 4.74 Å². The molecule has 1 saturated heterocycles. The monoisotopic (exact) mass is 226 g/mol. The molecular weight excluding hydrogens is 212 g/mol. The van der Waals surface area contributed by atoms with Crippen molar-refractivity contribution in [3.8, 4) is 0 Å². The molecule has 0 spiro atoms. The van der Waals surface area contributed by atoms with Gasteiger partial charge in [-0.1, -0.05) is 5.21 Å². The van der Waals surface area contributed by atoms with E-state index in [1.807, 2.05) is 0 Å². The predicted octanol–water partition coefficient (Wildman–Crippen LogP) is -0.130. The van der Waals surface area contributed by atoms with Gasteiger partial charge >= 0.3 is 5.97 Å². The van der Waals surface area contributed by atoms with Gasteiger partial charge in [-0.15, -0.1) is 10.2 Å². The highest BCUT2D eigenvalue weighted by Crippen LogP contribution is 2.26. The third kappa shape index (κ3) is 2.54. The van der Waals surface area contributed by atoms with Crippen LogP contribution in [0.15, 0.2) is 0 Å². The van der Waals surface area contributed by atoms with Crippen LogP contribution in [0.25, 0.3) is 0 Å². The van der Waals surface area contributed by atoms with Gasteiger partial charge in [0, 0.05) is 19.6 Å². The fourth-order valence-corrected chi connectivity index (χ4v) is 2.04. The van der Waals surface area contributed by atoms with E-state index in [1.165, 1.54) is 0 Å². The number of aromatic nitrogens is 4. The summed E-state index contributed by atoms with van der Waals surface area (Å²) in [5.41, 5.74) is 0. The Hall–Kier alpha value is -1.50. The number of rotatable bonds is 4. The quantitative estimate of drug-likeness (QED) is 0.741. The number of aromatic amines is 1. The van der Waals surface area contributed by atoms with Crippen molar-refractivity contribution in [2.24, 2.45) is 11.8 Å². The van der Waals surface area contributed by atoms with E-state index in [9.17, 15) is 9.90 Å². The van der Waals surface area contributed by atoms with Crippen LogP contribution in [0.4, 0.5) is 0 Å². The second-order valence-electron chi connectivity index (χ2n) is 3.93. The summed E-state index contributed by atoms with van der Waals surface area (Å²) in [4.78, 5) is 11.2. The van der Waals surface area contributed by atoms with Crippen LogP contribution in [0.3, 0.4) is 0 Å². The number of H-pyrrole nitrogens is 1. The predicted molar refractivity (Wildman–Crippen MR) is 52.6 cm³/mol. The van der Waals surface area contributed by atoms with Gasteiger partial charge in [0.2, 0.25) is 0 Å². The first kappa shape index (κ1) is 11.0. The normalized spacial score (nSPS) is 19.5. The minimum atomic E-state index is -0.795. The summed E-state index contributed by atoms with van der Waals surface area (Å²) in [7, 11) is 0. The van der Waals surface area contributed by atoms with E-state index in [1.54, 1.807) is 0 Å². The van der Waals surface area contributed by atoms with Gasteiger partial charge in [-0.3, -0.25) is 4.79 Å². The van der Waals surface area contributed by atoms with Crippen LogP contribution >= 0.6 is 0 Å². The minimum Gasteiger partial charge on any atom is -0.481 e.